The van der Waals surface area contributed by atoms with Gasteiger partial charge in [-0.1, -0.05) is 36.7 Å². The Balaban J connectivity index is 1.61. The largest absolute Gasteiger partial charge is 0.342 e. The van der Waals surface area contributed by atoms with Gasteiger partial charge in [0.25, 0.3) is 0 Å². The molecule has 0 aromatic heterocycles. The number of hydrazine groups is 1. The maximum atomic E-state index is 13.0. The quantitative estimate of drug-likeness (QED) is 0.759. The van der Waals surface area contributed by atoms with Crippen LogP contribution in [0.1, 0.15) is 31.4 Å². The Morgan fingerprint density at radius 3 is 2.79 bits per heavy atom. The molecule has 24 heavy (non-hydrogen) atoms. The number of halogens is 1. The van der Waals surface area contributed by atoms with Crippen molar-refractivity contribution in [3.05, 3.63) is 34.9 Å². The average molecular weight is 351 g/mol. The Labute approximate surface area is 149 Å². The summed E-state index contributed by atoms with van der Waals surface area (Å²) in [6.45, 7) is 6.58. The third-order valence-corrected chi connectivity index (χ3v) is 5.49. The van der Waals surface area contributed by atoms with E-state index in [1.54, 1.807) is 0 Å². The molecule has 2 saturated heterocycles. The molecular weight excluding hydrogens is 324 g/mol. The Kier molecular flexibility index (Phi) is 6.11. The smallest absolute Gasteiger partial charge is 0.229 e. The lowest BCUT2D eigenvalue weighted by molar-refractivity contribution is -0.136. The summed E-state index contributed by atoms with van der Waals surface area (Å²) in [4.78, 5) is 15.0. The minimum Gasteiger partial charge on any atom is -0.342 e. The van der Waals surface area contributed by atoms with Crippen LogP contribution >= 0.6 is 11.6 Å². The fourth-order valence-corrected chi connectivity index (χ4v) is 3.94. The summed E-state index contributed by atoms with van der Waals surface area (Å²) in [6.07, 6.45) is 2.17. The van der Waals surface area contributed by atoms with E-state index in [1.165, 1.54) is 0 Å². The van der Waals surface area contributed by atoms with Gasteiger partial charge in [0, 0.05) is 24.7 Å². The predicted molar refractivity (Wildman–Crippen MR) is 96.7 cm³/mol. The summed E-state index contributed by atoms with van der Waals surface area (Å²) in [7, 11) is 0. The lowest BCUT2D eigenvalue weighted by atomic mass is 9.91. The number of hydrogen-bond donors (Lipinski definition) is 3. The normalized spacial score (nSPS) is 25.2. The summed E-state index contributed by atoms with van der Waals surface area (Å²) in [5, 5.41) is 4.12. The van der Waals surface area contributed by atoms with Crippen LogP contribution in [0.5, 0.6) is 0 Å². The first kappa shape index (κ1) is 17.7. The minimum atomic E-state index is -0.102. The van der Waals surface area contributed by atoms with Gasteiger partial charge in [0.2, 0.25) is 5.91 Å². The van der Waals surface area contributed by atoms with Crippen LogP contribution in [0.4, 0.5) is 0 Å². The highest BCUT2D eigenvalue weighted by molar-refractivity contribution is 6.31. The molecule has 3 rings (SSSR count). The zero-order valence-electron chi connectivity index (χ0n) is 14.2. The van der Waals surface area contributed by atoms with Crippen LogP contribution in [-0.2, 0) is 4.79 Å². The lowest BCUT2D eigenvalue weighted by Gasteiger charge is -2.34. The van der Waals surface area contributed by atoms with Crippen molar-refractivity contribution < 1.29 is 4.79 Å². The molecule has 0 aliphatic carbocycles. The van der Waals surface area contributed by atoms with E-state index in [9.17, 15) is 4.79 Å². The van der Waals surface area contributed by atoms with E-state index >= 15 is 0 Å². The van der Waals surface area contributed by atoms with Gasteiger partial charge in [-0.15, -0.1) is 0 Å². The Morgan fingerprint density at radius 2 is 2.08 bits per heavy atom. The van der Waals surface area contributed by atoms with Crippen LogP contribution in [0.15, 0.2) is 24.3 Å². The highest BCUT2D eigenvalue weighted by Crippen LogP contribution is 2.32. The van der Waals surface area contributed by atoms with Crippen molar-refractivity contribution in [2.75, 3.05) is 32.7 Å². The van der Waals surface area contributed by atoms with E-state index in [-0.39, 0.29) is 17.9 Å². The first-order valence-corrected chi connectivity index (χ1v) is 9.30. The van der Waals surface area contributed by atoms with Crippen molar-refractivity contribution in [3.63, 3.8) is 0 Å². The second kappa shape index (κ2) is 8.30. The molecule has 0 saturated carbocycles. The van der Waals surface area contributed by atoms with Gasteiger partial charge in [-0.2, -0.15) is 0 Å². The summed E-state index contributed by atoms with van der Waals surface area (Å²) in [5.74, 6) is 0.822. The second-order valence-corrected chi connectivity index (χ2v) is 7.11. The Morgan fingerprint density at radius 1 is 1.33 bits per heavy atom. The van der Waals surface area contributed by atoms with Crippen molar-refractivity contribution in [1.29, 1.82) is 0 Å². The number of nitrogens with one attached hydrogen (secondary N) is 3. The molecule has 2 aliphatic rings. The van der Waals surface area contributed by atoms with Crippen LogP contribution < -0.4 is 16.2 Å². The molecule has 0 radical (unpaired) electrons. The standard InChI is InChI=1S/C18H27ClN4O/c1-2-20-11-13-7-9-23(10-8-13)18(24)15-12-21-22-17(15)14-5-3-4-6-16(14)19/h3-6,13,15,17,20-22H,2,7-12H2,1H3. The van der Waals surface area contributed by atoms with Crippen molar-refractivity contribution in [1.82, 2.24) is 21.1 Å². The van der Waals surface area contributed by atoms with E-state index in [0.717, 1.165) is 44.6 Å². The van der Waals surface area contributed by atoms with Gasteiger partial charge in [0.1, 0.15) is 0 Å². The zero-order valence-corrected chi connectivity index (χ0v) is 15.0. The van der Waals surface area contributed by atoms with Gasteiger partial charge in [0.15, 0.2) is 0 Å². The SMILES string of the molecule is CCNCC1CCN(C(=O)C2CNNC2c2ccccc2Cl)CC1. The molecule has 1 aromatic carbocycles. The van der Waals surface area contributed by atoms with Crippen LogP contribution in [0, 0.1) is 11.8 Å². The van der Waals surface area contributed by atoms with Gasteiger partial charge in [-0.25, -0.2) is 5.43 Å². The molecular formula is C18H27ClN4O. The maximum absolute atomic E-state index is 13.0. The Bertz CT molecular complexity index is 560. The molecule has 132 valence electrons. The first-order chi connectivity index (χ1) is 11.7. The third kappa shape index (κ3) is 3.91. The number of benzene rings is 1. The van der Waals surface area contributed by atoms with Crippen molar-refractivity contribution in [2.24, 2.45) is 11.8 Å². The average Bonchev–Trinajstić information content (AvgIpc) is 3.09. The number of amides is 1. The van der Waals surface area contributed by atoms with Gasteiger partial charge < -0.3 is 10.2 Å². The molecule has 5 nitrogen and oxygen atoms in total. The van der Waals surface area contributed by atoms with Crippen molar-refractivity contribution in [2.45, 2.75) is 25.8 Å². The highest BCUT2D eigenvalue weighted by atomic mass is 35.5. The topological polar surface area (TPSA) is 56.4 Å². The molecule has 1 amide bonds. The molecule has 0 spiro atoms. The van der Waals surface area contributed by atoms with Gasteiger partial charge in [-0.3, -0.25) is 10.2 Å². The van der Waals surface area contributed by atoms with E-state index in [4.69, 9.17) is 11.6 Å². The number of carbonyl (C=O) groups is 1. The van der Waals surface area contributed by atoms with E-state index < -0.39 is 0 Å². The molecule has 6 heteroatoms. The molecule has 3 N–H and O–H groups in total. The zero-order chi connectivity index (χ0) is 16.9. The molecule has 2 heterocycles. The first-order valence-electron chi connectivity index (χ1n) is 8.93. The maximum Gasteiger partial charge on any atom is 0.229 e. The highest BCUT2D eigenvalue weighted by Gasteiger charge is 2.38. The number of nitrogens with zero attached hydrogens (tertiary/aromatic N) is 1. The van der Waals surface area contributed by atoms with Gasteiger partial charge in [-0.05, 0) is 43.5 Å². The lowest BCUT2D eigenvalue weighted by Crippen LogP contribution is -2.45. The molecule has 2 unspecified atom stereocenters. The monoisotopic (exact) mass is 350 g/mol. The second-order valence-electron chi connectivity index (χ2n) is 6.71. The van der Waals surface area contributed by atoms with E-state index in [2.05, 4.69) is 23.1 Å². The van der Waals surface area contributed by atoms with Gasteiger partial charge >= 0.3 is 0 Å². The fraction of sp³-hybridized carbons (Fsp3) is 0.611. The number of hydrogen-bond acceptors (Lipinski definition) is 4. The third-order valence-electron chi connectivity index (χ3n) is 5.15. The molecule has 2 atom stereocenters. The van der Waals surface area contributed by atoms with Crippen molar-refractivity contribution in [3.8, 4) is 0 Å². The summed E-state index contributed by atoms with van der Waals surface area (Å²) in [5.41, 5.74) is 7.36. The molecule has 2 fully saturated rings. The van der Waals surface area contributed by atoms with Crippen LogP contribution in [0.2, 0.25) is 5.02 Å². The van der Waals surface area contributed by atoms with Crippen molar-refractivity contribution >= 4 is 17.5 Å². The van der Waals surface area contributed by atoms with Crippen LogP contribution in [0.25, 0.3) is 0 Å². The molecule has 0 bridgehead atoms. The van der Waals surface area contributed by atoms with Gasteiger partial charge in [0.05, 0.1) is 12.0 Å². The number of likely N-dealkylation sites (tertiary alicyclic amines) is 1. The minimum absolute atomic E-state index is 0.0642. The molecule has 2 aliphatic heterocycles. The Hall–Kier alpha value is -1.14. The summed E-state index contributed by atoms with van der Waals surface area (Å²) < 4.78 is 0. The molecule has 1 aromatic rings. The van der Waals surface area contributed by atoms with Crippen LogP contribution in [0.3, 0.4) is 0 Å². The number of rotatable bonds is 5. The summed E-state index contributed by atoms with van der Waals surface area (Å²) in [6, 6.07) is 7.70. The van der Waals surface area contributed by atoms with Crippen LogP contribution in [-0.4, -0.2) is 43.5 Å². The number of carbonyl (C=O) groups excluding carboxylic acids is 1. The van der Waals surface area contributed by atoms with E-state index in [1.807, 2.05) is 29.2 Å². The fourth-order valence-electron chi connectivity index (χ4n) is 3.69. The van der Waals surface area contributed by atoms with E-state index in [0.29, 0.717) is 17.5 Å². The summed E-state index contributed by atoms with van der Waals surface area (Å²) >= 11 is 6.33. The number of piperidine rings is 1. The predicted octanol–water partition coefficient (Wildman–Crippen LogP) is 1.95.